The van der Waals surface area contributed by atoms with Gasteiger partial charge in [-0.15, -0.1) is 0 Å². The molecule has 0 atom stereocenters. The van der Waals surface area contributed by atoms with Gasteiger partial charge in [0, 0.05) is 18.1 Å². The van der Waals surface area contributed by atoms with E-state index >= 15 is 0 Å². The molecule has 0 aliphatic carbocycles. The van der Waals surface area contributed by atoms with E-state index in [0.29, 0.717) is 19.0 Å². The molecule has 1 amide bonds. The number of benzene rings is 2. The Balaban J connectivity index is 1.15. The Morgan fingerprint density at radius 3 is 2.67 bits per heavy atom. The summed E-state index contributed by atoms with van der Waals surface area (Å²) in [6.07, 6.45) is 4.75. The van der Waals surface area contributed by atoms with Crippen LogP contribution in [0.2, 0.25) is 0 Å². The SMILES string of the molecule is O=C(CN1CCC(COc2ccccc2)CC1)NCCc1cccc2cccnc12. The fourth-order valence-corrected chi connectivity index (χ4v) is 4.01. The van der Waals surface area contributed by atoms with Crippen LogP contribution in [0, 0.1) is 5.92 Å². The fourth-order valence-electron chi connectivity index (χ4n) is 4.01. The zero-order valence-corrected chi connectivity index (χ0v) is 17.3. The van der Waals surface area contributed by atoms with E-state index in [9.17, 15) is 4.79 Å². The van der Waals surface area contributed by atoms with Crippen molar-refractivity contribution in [3.63, 3.8) is 0 Å². The number of nitrogens with one attached hydrogen (secondary N) is 1. The summed E-state index contributed by atoms with van der Waals surface area (Å²) in [5.74, 6) is 1.59. The molecule has 1 aromatic heterocycles. The van der Waals surface area contributed by atoms with Gasteiger partial charge in [-0.1, -0.05) is 42.5 Å². The molecule has 0 spiro atoms. The number of carbonyl (C=O) groups excluding carboxylic acids is 1. The molecule has 1 N–H and O–H groups in total. The van der Waals surface area contributed by atoms with Crippen LogP contribution in [0.1, 0.15) is 18.4 Å². The number of nitrogens with zero attached hydrogens (tertiary/aromatic N) is 2. The largest absolute Gasteiger partial charge is 0.493 e. The highest BCUT2D eigenvalue weighted by molar-refractivity contribution is 5.81. The van der Waals surface area contributed by atoms with Crippen LogP contribution in [-0.4, -0.2) is 48.6 Å². The van der Waals surface area contributed by atoms with Crippen molar-refractivity contribution in [2.75, 3.05) is 32.8 Å². The number of pyridine rings is 1. The maximum atomic E-state index is 12.4. The Bertz CT molecular complexity index is 948. The van der Waals surface area contributed by atoms with Gasteiger partial charge in [0.2, 0.25) is 5.91 Å². The monoisotopic (exact) mass is 403 g/mol. The number of likely N-dealkylation sites (tertiary alicyclic amines) is 1. The first-order chi connectivity index (χ1) is 14.8. The van der Waals surface area contributed by atoms with E-state index in [1.54, 1.807) is 0 Å². The minimum Gasteiger partial charge on any atom is -0.493 e. The Kier molecular flexibility index (Phi) is 6.93. The average Bonchev–Trinajstić information content (AvgIpc) is 2.79. The quantitative estimate of drug-likeness (QED) is 0.623. The zero-order valence-electron chi connectivity index (χ0n) is 17.3. The summed E-state index contributed by atoms with van der Waals surface area (Å²) in [7, 11) is 0. The molecule has 0 bridgehead atoms. The first-order valence-electron chi connectivity index (χ1n) is 10.8. The summed E-state index contributed by atoms with van der Waals surface area (Å²) in [5.41, 5.74) is 2.20. The Morgan fingerprint density at radius 1 is 1.03 bits per heavy atom. The van der Waals surface area contributed by atoms with Crippen molar-refractivity contribution in [1.82, 2.24) is 15.2 Å². The normalized spacial score (nSPS) is 15.2. The van der Waals surface area contributed by atoms with Crippen LogP contribution in [0.3, 0.4) is 0 Å². The molecule has 0 radical (unpaired) electrons. The predicted molar refractivity (Wildman–Crippen MR) is 120 cm³/mol. The third-order valence-electron chi connectivity index (χ3n) is 5.74. The second kappa shape index (κ2) is 10.2. The van der Waals surface area contributed by atoms with Crippen molar-refractivity contribution < 1.29 is 9.53 Å². The second-order valence-electron chi connectivity index (χ2n) is 7.94. The minimum atomic E-state index is 0.0992. The maximum absolute atomic E-state index is 12.4. The van der Waals surface area contributed by atoms with E-state index in [2.05, 4.69) is 33.4 Å². The standard InChI is InChI=1S/C25H29N3O2/c29-24(26-15-11-22-7-4-6-21-8-5-14-27-25(21)22)18-28-16-12-20(13-17-28)19-30-23-9-2-1-3-10-23/h1-10,14,20H,11-13,15-19H2,(H,26,29). The number of carbonyl (C=O) groups is 1. The number of fused-ring (bicyclic) bond motifs is 1. The molecule has 1 fully saturated rings. The molecule has 30 heavy (non-hydrogen) atoms. The van der Waals surface area contributed by atoms with Crippen LogP contribution in [0.4, 0.5) is 0 Å². The van der Waals surface area contributed by atoms with E-state index in [1.807, 2.05) is 48.7 Å². The predicted octanol–water partition coefficient (Wildman–Crippen LogP) is 3.68. The smallest absolute Gasteiger partial charge is 0.234 e. The highest BCUT2D eigenvalue weighted by Gasteiger charge is 2.21. The van der Waals surface area contributed by atoms with Gasteiger partial charge in [-0.05, 0) is 62.0 Å². The Morgan fingerprint density at radius 2 is 1.83 bits per heavy atom. The minimum absolute atomic E-state index is 0.0992. The lowest BCUT2D eigenvalue weighted by Gasteiger charge is -2.31. The van der Waals surface area contributed by atoms with Gasteiger partial charge in [0.05, 0.1) is 18.7 Å². The summed E-state index contributed by atoms with van der Waals surface area (Å²) >= 11 is 0. The molecule has 4 rings (SSSR count). The van der Waals surface area contributed by atoms with Gasteiger partial charge in [0.1, 0.15) is 5.75 Å². The summed E-state index contributed by atoms with van der Waals surface area (Å²) in [6.45, 7) is 3.76. The molecule has 1 aliphatic rings. The van der Waals surface area contributed by atoms with Crippen molar-refractivity contribution in [2.24, 2.45) is 5.92 Å². The van der Waals surface area contributed by atoms with Gasteiger partial charge >= 0.3 is 0 Å². The van der Waals surface area contributed by atoms with E-state index in [-0.39, 0.29) is 5.91 Å². The van der Waals surface area contributed by atoms with Crippen molar-refractivity contribution in [2.45, 2.75) is 19.3 Å². The summed E-state index contributed by atoms with van der Waals surface area (Å²) < 4.78 is 5.88. The number of rotatable bonds is 8. The molecular weight excluding hydrogens is 374 g/mol. The fraction of sp³-hybridized carbons (Fsp3) is 0.360. The lowest BCUT2D eigenvalue weighted by molar-refractivity contribution is -0.122. The molecule has 5 heteroatoms. The molecule has 0 unspecified atom stereocenters. The number of piperidine rings is 1. The Hall–Kier alpha value is -2.92. The van der Waals surface area contributed by atoms with Crippen LogP contribution < -0.4 is 10.1 Å². The van der Waals surface area contributed by atoms with Crippen molar-refractivity contribution in [1.29, 1.82) is 0 Å². The number of aromatic nitrogens is 1. The number of hydrogen-bond acceptors (Lipinski definition) is 4. The lowest BCUT2D eigenvalue weighted by atomic mass is 9.98. The molecule has 2 aromatic carbocycles. The van der Waals surface area contributed by atoms with Crippen molar-refractivity contribution in [3.8, 4) is 5.75 Å². The van der Waals surface area contributed by atoms with Crippen LogP contribution in [0.5, 0.6) is 5.75 Å². The van der Waals surface area contributed by atoms with Crippen LogP contribution >= 0.6 is 0 Å². The van der Waals surface area contributed by atoms with Gasteiger partial charge < -0.3 is 10.1 Å². The van der Waals surface area contributed by atoms with Crippen LogP contribution in [0.15, 0.2) is 66.9 Å². The second-order valence-corrected chi connectivity index (χ2v) is 7.94. The topological polar surface area (TPSA) is 54.5 Å². The summed E-state index contributed by atoms with van der Waals surface area (Å²) in [4.78, 5) is 19.1. The van der Waals surface area contributed by atoms with Gasteiger partial charge in [-0.3, -0.25) is 14.7 Å². The van der Waals surface area contributed by atoms with Gasteiger partial charge in [0.25, 0.3) is 0 Å². The van der Waals surface area contributed by atoms with Crippen molar-refractivity contribution >= 4 is 16.8 Å². The summed E-state index contributed by atoms with van der Waals surface area (Å²) in [6, 6.07) is 20.2. The van der Waals surface area contributed by atoms with E-state index in [4.69, 9.17) is 4.74 Å². The molecule has 0 saturated carbocycles. The molecule has 2 heterocycles. The molecule has 3 aromatic rings. The Labute approximate surface area is 178 Å². The highest BCUT2D eigenvalue weighted by atomic mass is 16.5. The molecule has 5 nitrogen and oxygen atoms in total. The first kappa shape index (κ1) is 20.4. The third-order valence-corrected chi connectivity index (χ3v) is 5.74. The van der Waals surface area contributed by atoms with Crippen LogP contribution in [0.25, 0.3) is 10.9 Å². The van der Waals surface area contributed by atoms with Crippen molar-refractivity contribution in [3.05, 3.63) is 72.4 Å². The van der Waals surface area contributed by atoms with E-state index in [1.165, 1.54) is 5.56 Å². The van der Waals surface area contributed by atoms with E-state index < -0.39 is 0 Å². The number of para-hydroxylation sites is 2. The number of ether oxygens (including phenoxy) is 1. The lowest BCUT2D eigenvalue weighted by Crippen LogP contribution is -2.42. The molecule has 156 valence electrons. The zero-order chi connectivity index (χ0) is 20.6. The molecule has 1 aliphatic heterocycles. The first-order valence-corrected chi connectivity index (χ1v) is 10.8. The highest BCUT2D eigenvalue weighted by Crippen LogP contribution is 2.19. The maximum Gasteiger partial charge on any atom is 0.234 e. The van der Waals surface area contributed by atoms with Gasteiger partial charge in [-0.25, -0.2) is 0 Å². The average molecular weight is 404 g/mol. The number of amides is 1. The molecular formula is C25H29N3O2. The van der Waals surface area contributed by atoms with E-state index in [0.717, 1.165) is 55.6 Å². The van der Waals surface area contributed by atoms with Gasteiger partial charge in [0.15, 0.2) is 0 Å². The third kappa shape index (κ3) is 5.57. The number of hydrogen-bond donors (Lipinski definition) is 1. The van der Waals surface area contributed by atoms with Gasteiger partial charge in [-0.2, -0.15) is 0 Å². The summed E-state index contributed by atoms with van der Waals surface area (Å²) in [5, 5.41) is 4.21. The van der Waals surface area contributed by atoms with Crippen LogP contribution in [-0.2, 0) is 11.2 Å². The molecule has 1 saturated heterocycles.